The number of carbonyl (C=O) groups is 1. The van der Waals surface area contributed by atoms with Gasteiger partial charge in [0.1, 0.15) is 0 Å². The molecule has 0 aliphatic heterocycles. The molecule has 0 aliphatic carbocycles. The van der Waals surface area contributed by atoms with Crippen LogP contribution in [0.1, 0.15) is 40.4 Å². The Kier molecular flexibility index (Phi) is 6.17. The molecule has 33 heavy (non-hydrogen) atoms. The lowest BCUT2D eigenvalue weighted by atomic mass is 9.98. The van der Waals surface area contributed by atoms with Gasteiger partial charge < -0.3 is 5.73 Å². The van der Waals surface area contributed by atoms with E-state index in [9.17, 15) is 18.0 Å². The number of nitrogens with two attached hydrogens (primary N) is 1. The van der Waals surface area contributed by atoms with Crippen LogP contribution in [0.15, 0.2) is 66.9 Å². The van der Waals surface area contributed by atoms with E-state index >= 15 is 0 Å². The lowest BCUT2D eigenvalue weighted by Crippen LogP contribution is -2.17. The number of fused-ring (bicyclic) bond motifs is 1. The molecule has 0 fully saturated rings. The van der Waals surface area contributed by atoms with E-state index in [2.05, 4.69) is 5.10 Å². The van der Waals surface area contributed by atoms with Gasteiger partial charge in [-0.15, -0.1) is 0 Å². The summed E-state index contributed by atoms with van der Waals surface area (Å²) in [5, 5.41) is 5.90. The number of hydrogen-bond donors (Lipinski definition) is 1. The molecule has 2 N–H and O–H groups in total. The molecule has 1 heterocycles. The summed E-state index contributed by atoms with van der Waals surface area (Å²) in [6, 6.07) is 17.0. The van der Waals surface area contributed by atoms with Gasteiger partial charge in [-0.3, -0.25) is 9.48 Å². The maximum atomic E-state index is 13.1. The van der Waals surface area contributed by atoms with Crippen LogP contribution in [-0.2, 0) is 0 Å². The van der Waals surface area contributed by atoms with Gasteiger partial charge in [0.15, 0.2) is 0 Å². The molecule has 0 radical (unpaired) electrons. The third kappa shape index (κ3) is 5.03. The molecule has 1 atom stereocenters. The van der Waals surface area contributed by atoms with Crippen LogP contribution in [0.4, 0.5) is 13.2 Å². The second-order valence-corrected chi connectivity index (χ2v) is 8.41. The summed E-state index contributed by atoms with van der Waals surface area (Å²) in [5.74, 6) is -0.594. The first kappa shape index (κ1) is 22.9. The average Bonchev–Trinajstić information content (AvgIpc) is 3.16. The highest BCUT2D eigenvalue weighted by molar-refractivity contribution is 6.30. The van der Waals surface area contributed by atoms with Gasteiger partial charge >= 0.3 is 6.18 Å². The molecule has 0 spiro atoms. The van der Waals surface area contributed by atoms with Crippen molar-refractivity contribution in [2.75, 3.05) is 0 Å². The van der Waals surface area contributed by atoms with Gasteiger partial charge in [-0.1, -0.05) is 35.9 Å². The highest BCUT2D eigenvalue weighted by atomic mass is 35.5. The zero-order chi connectivity index (χ0) is 23.8. The summed E-state index contributed by atoms with van der Waals surface area (Å²) in [6.07, 6.45) is -3.79. The van der Waals surface area contributed by atoms with Crippen molar-refractivity contribution in [1.82, 2.24) is 9.78 Å². The van der Waals surface area contributed by atoms with Crippen molar-refractivity contribution in [1.29, 1.82) is 0 Å². The topological polar surface area (TPSA) is 60.9 Å². The third-order valence-electron chi connectivity index (χ3n) is 5.67. The predicted molar refractivity (Wildman–Crippen MR) is 123 cm³/mol. The number of carbonyl (C=O) groups excluding carboxylic acids is 1. The number of rotatable bonds is 6. The molecule has 4 aromatic rings. The van der Waals surface area contributed by atoms with E-state index in [-0.39, 0.29) is 6.42 Å². The van der Waals surface area contributed by atoms with Crippen LogP contribution in [0.25, 0.3) is 22.0 Å². The maximum absolute atomic E-state index is 13.1. The fraction of sp³-hybridized carbons (Fsp3) is 0.200. The van der Waals surface area contributed by atoms with Gasteiger partial charge in [-0.2, -0.15) is 18.3 Å². The molecule has 4 rings (SSSR count). The molecule has 8 heteroatoms. The number of alkyl halides is 3. The minimum atomic E-state index is -4.30. The quantitative estimate of drug-likeness (QED) is 0.340. The Morgan fingerprint density at radius 3 is 2.45 bits per heavy atom. The fourth-order valence-electron chi connectivity index (χ4n) is 4.02. The van der Waals surface area contributed by atoms with Crippen molar-refractivity contribution in [3.8, 4) is 11.1 Å². The third-order valence-corrected chi connectivity index (χ3v) is 5.91. The second kappa shape index (κ2) is 8.90. The van der Waals surface area contributed by atoms with Crippen molar-refractivity contribution in [2.24, 2.45) is 5.73 Å². The number of aromatic nitrogens is 2. The van der Waals surface area contributed by atoms with E-state index in [0.29, 0.717) is 16.1 Å². The largest absolute Gasteiger partial charge is 0.389 e. The number of aryl methyl sites for hydroxylation is 1. The molecule has 0 aliphatic rings. The Morgan fingerprint density at radius 2 is 1.82 bits per heavy atom. The Balaban J connectivity index is 1.75. The molecule has 1 amide bonds. The summed E-state index contributed by atoms with van der Waals surface area (Å²) in [5.41, 5.74) is 9.93. The minimum Gasteiger partial charge on any atom is -0.366 e. The van der Waals surface area contributed by atoms with E-state index in [1.165, 1.54) is 12.1 Å². The van der Waals surface area contributed by atoms with Gasteiger partial charge in [0, 0.05) is 22.4 Å². The first-order chi connectivity index (χ1) is 15.6. The Labute approximate surface area is 193 Å². The first-order valence-electron chi connectivity index (χ1n) is 10.3. The highest BCUT2D eigenvalue weighted by Gasteiger charge is 2.30. The molecule has 3 aromatic carbocycles. The monoisotopic (exact) mass is 471 g/mol. The lowest BCUT2D eigenvalue weighted by molar-refractivity contribution is -0.136. The predicted octanol–water partition coefficient (Wildman–Crippen LogP) is 6.70. The molecule has 1 unspecified atom stereocenters. The fourth-order valence-corrected chi connectivity index (χ4v) is 4.25. The van der Waals surface area contributed by atoms with Gasteiger partial charge in [0.05, 0.1) is 17.8 Å². The van der Waals surface area contributed by atoms with Crippen molar-refractivity contribution in [2.45, 2.75) is 32.0 Å². The Bertz CT molecular complexity index is 1310. The number of halogens is 4. The maximum Gasteiger partial charge on any atom is 0.389 e. The van der Waals surface area contributed by atoms with Crippen LogP contribution in [0.5, 0.6) is 0 Å². The SMILES string of the molecule is Cc1cc(Cl)ccc1-c1ccc2c(cnn2C(CCC(F)(F)F)c2ccc(C(N)=O)cc2)c1. The Hall–Kier alpha value is -3.32. The molecule has 0 bridgehead atoms. The number of hydrogen-bond acceptors (Lipinski definition) is 2. The molecule has 4 nitrogen and oxygen atoms in total. The standard InChI is InChI=1S/C25H21ClF3N3O/c1-15-12-20(26)7-8-21(15)18-6-9-22-19(13-18)14-31-32(22)23(10-11-25(27,28)29)16-2-4-17(5-3-16)24(30)33/h2-9,12-14,23H,10-11H2,1H3,(H2,30,33). The van der Waals surface area contributed by atoms with E-state index in [0.717, 1.165) is 27.6 Å². The summed E-state index contributed by atoms with van der Waals surface area (Å²) in [4.78, 5) is 11.4. The van der Waals surface area contributed by atoms with Gasteiger partial charge in [-0.25, -0.2) is 0 Å². The van der Waals surface area contributed by atoms with Crippen LogP contribution in [0.3, 0.4) is 0 Å². The minimum absolute atomic E-state index is 0.186. The molecular formula is C25H21ClF3N3O. The lowest BCUT2D eigenvalue weighted by Gasteiger charge is -2.20. The van der Waals surface area contributed by atoms with Crippen molar-refractivity contribution < 1.29 is 18.0 Å². The van der Waals surface area contributed by atoms with Crippen LogP contribution < -0.4 is 5.73 Å². The van der Waals surface area contributed by atoms with E-state index < -0.39 is 24.5 Å². The van der Waals surface area contributed by atoms with Crippen LogP contribution in [0.2, 0.25) is 5.02 Å². The van der Waals surface area contributed by atoms with Crippen LogP contribution in [0, 0.1) is 6.92 Å². The van der Waals surface area contributed by atoms with E-state index in [1.807, 2.05) is 43.3 Å². The average molecular weight is 472 g/mol. The van der Waals surface area contributed by atoms with Crippen molar-refractivity contribution in [3.63, 3.8) is 0 Å². The first-order valence-corrected chi connectivity index (χ1v) is 10.7. The summed E-state index contributed by atoms with van der Waals surface area (Å²) < 4.78 is 40.8. The van der Waals surface area contributed by atoms with Crippen molar-refractivity contribution in [3.05, 3.63) is 88.6 Å². The number of nitrogens with zero attached hydrogens (tertiary/aromatic N) is 2. The Morgan fingerprint density at radius 1 is 1.09 bits per heavy atom. The van der Waals surface area contributed by atoms with Gasteiger partial charge in [0.2, 0.25) is 5.91 Å². The molecular weight excluding hydrogens is 451 g/mol. The van der Waals surface area contributed by atoms with E-state index in [4.69, 9.17) is 17.3 Å². The van der Waals surface area contributed by atoms with Crippen molar-refractivity contribution >= 4 is 28.4 Å². The zero-order valence-corrected chi connectivity index (χ0v) is 18.5. The van der Waals surface area contributed by atoms with Crippen LogP contribution >= 0.6 is 11.6 Å². The zero-order valence-electron chi connectivity index (χ0n) is 17.7. The molecule has 170 valence electrons. The second-order valence-electron chi connectivity index (χ2n) is 7.98. The number of amides is 1. The number of benzene rings is 3. The smallest absolute Gasteiger partial charge is 0.366 e. The van der Waals surface area contributed by atoms with Crippen LogP contribution in [-0.4, -0.2) is 21.9 Å². The molecule has 1 aromatic heterocycles. The van der Waals surface area contributed by atoms with Gasteiger partial charge in [-0.05, 0) is 72.0 Å². The van der Waals surface area contributed by atoms with E-state index in [1.54, 1.807) is 23.0 Å². The van der Waals surface area contributed by atoms with Gasteiger partial charge in [0.25, 0.3) is 0 Å². The normalized spacial score (nSPS) is 12.8. The number of primary amides is 1. The summed E-state index contributed by atoms with van der Waals surface area (Å²) >= 11 is 6.07. The summed E-state index contributed by atoms with van der Waals surface area (Å²) in [6.45, 7) is 1.97. The summed E-state index contributed by atoms with van der Waals surface area (Å²) in [7, 11) is 0. The highest BCUT2D eigenvalue weighted by Crippen LogP contribution is 2.34. The molecule has 0 saturated carbocycles. The molecule has 0 saturated heterocycles.